The Morgan fingerprint density at radius 3 is 2.79 bits per heavy atom. The first-order valence-electron chi connectivity index (χ1n) is 6.39. The molecule has 19 heavy (non-hydrogen) atoms. The maximum atomic E-state index is 11.4. The molecule has 0 aliphatic heterocycles. The number of amides is 1. The van der Waals surface area contributed by atoms with E-state index in [1.165, 1.54) is 6.08 Å². The molecule has 1 aromatic carbocycles. The Morgan fingerprint density at radius 2 is 2.16 bits per heavy atom. The molecule has 0 heterocycles. The van der Waals surface area contributed by atoms with Crippen molar-refractivity contribution >= 4 is 18.3 Å². The van der Waals surface area contributed by atoms with Crippen LogP contribution in [0, 0.1) is 0 Å². The number of hydrogen-bond acceptors (Lipinski definition) is 3. The highest BCUT2D eigenvalue weighted by molar-refractivity contribution is 5.92. The highest BCUT2D eigenvalue weighted by Gasteiger charge is 2.03. The van der Waals surface area contributed by atoms with Gasteiger partial charge in [0.2, 0.25) is 5.91 Å². The summed E-state index contributed by atoms with van der Waals surface area (Å²) < 4.78 is 5.33. The van der Waals surface area contributed by atoms with Crippen molar-refractivity contribution in [1.29, 1.82) is 0 Å². The Bertz CT molecular complexity index is 466. The molecule has 1 N–H and O–H groups in total. The van der Waals surface area contributed by atoms with Gasteiger partial charge in [-0.15, -0.1) is 0 Å². The summed E-state index contributed by atoms with van der Waals surface area (Å²) in [6.07, 6.45) is 4.78. The second-order valence-corrected chi connectivity index (χ2v) is 3.97. The molecule has 1 amide bonds. The normalized spacial score (nSPS) is 10.4. The SMILES string of the molecule is CCCNC(=O)/C=C/c1ccc(OCC)c(C=O)c1. The van der Waals surface area contributed by atoms with Gasteiger partial charge in [0.25, 0.3) is 0 Å². The van der Waals surface area contributed by atoms with Crippen molar-refractivity contribution in [3.05, 3.63) is 35.4 Å². The highest BCUT2D eigenvalue weighted by Crippen LogP contribution is 2.19. The lowest BCUT2D eigenvalue weighted by molar-refractivity contribution is -0.116. The molecular formula is C15H19NO3. The lowest BCUT2D eigenvalue weighted by Gasteiger charge is -2.06. The molecule has 1 rings (SSSR count). The second-order valence-electron chi connectivity index (χ2n) is 3.97. The summed E-state index contributed by atoms with van der Waals surface area (Å²) in [7, 11) is 0. The van der Waals surface area contributed by atoms with E-state index in [0.717, 1.165) is 18.3 Å². The zero-order valence-corrected chi connectivity index (χ0v) is 11.3. The zero-order valence-electron chi connectivity index (χ0n) is 11.3. The summed E-state index contributed by atoms with van der Waals surface area (Å²) in [5.74, 6) is 0.425. The van der Waals surface area contributed by atoms with Crippen LogP contribution in [0.15, 0.2) is 24.3 Å². The molecule has 0 bridgehead atoms. The topological polar surface area (TPSA) is 55.4 Å². The van der Waals surface area contributed by atoms with E-state index in [1.54, 1.807) is 18.2 Å². The van der Waals surface area contributed by atoms with Gasteiger partial charge in [-0.2, -0.15) is 0 Å². The number of benzene rings is 1. The smallest absolute Gasteiger partial charge is 0.243 e. The Hall–Kier alpha value is -2.10. The van der Waals surface area contributed by atoms with Crippen molar-refractivity contribution in [3.63, 3.8) is 0 Å². The summed E-state index contributed by atoms with van der Waals surface area (Å²) in [4.78, 5) is 22.4. The Labute approximate surface area is 113 Å². The van der Waals surface area contributed by atoms with E-state index in [0.29, 0.717) is 24.5 Å². The van der Waals surface area contributed by atoms with Gasteiger partial charge in [-0.05, 0) is 37.1 Å². The lowest BCUT2D eigenvalue weighted by atomic mass is 10.1. The molecule has 0 radical (unpaired) electrons. The second kappa shape index (κ2) is 8.08. The van der Waals surface area contributed by atoms with Crippen molar-refractivity contribution < 1.29 is 14.3 Å². The van der Waals surface area contributed by atoms with Crippen LogP contribution in [-0.4, -0.2) is 25.3 Å². The summed E-state index contributed by atoms with van der Waals surface area (Å²) in [5, 5.41) is 2.74. The van der Waals surface area contributed by atoms with Gasteiger partial charge < -0.3 is 10.1 Å². The number of carbonyl (C=O) groups is 2. The molecule has 0 spiro atoms. The molecule has 1 aromatic rings. The van der Waals surface area contributed by atoms with Crippen molar-refractivity contribution in [1.82, 2.24) is 5.32 Å². The minimum absolute atomic E-state index is 0.136. The largest absolute Gasteiger partial charge is 0.493 e. The van der Waals surface area contributed by atoms with Crippen LogP contribution in [0.25, 0.3) is 6.08 Å². The average Bonchev–Trinajstić information content (AvgIpc) is 2.44. The molecule has 0 aromatic heterocycles. The molecule has 0 fully saturated rings. The predicted molar refractivity (Wildman–Crippen MR) is 75.3 cm³/mol. The third-order valence-corrected chi connectivity index (χ3v) is 2.44. The number of aldehydes is 1. The van der Waals surface area contributed by atoms with Gasteiger partial charge in [-0.3, -0.25) is 9.59 Å². The van der Waals surface area contributed by atoms with Crippen LogP contribution in [0.3, 0.4) is 0 Å². The van der Waals surface area contributed by atoms with Gasteiger partial charge in [0.05, 0.1) is 12.2 Å². The number of ether oxygens (including phenoxy) is 1. The molecule has 0 aliphatic carbocycles. The molecule has 102 valence electrons. The van der Waals surface area contributed by atoms with Gasteiger partial charge >= 0.3 is 0 Å². The quantitative estimate of drug-likeness (QED) is 0.606. The van der Waals surface area contributed by atoms with Crippen LogP contribution in [0.5, 0.6) is 5.75 Å². The van der Waals surface area contributed by atoms with Gasteiger partial charge in [-0.25, -0.2) is 0 Å². The number of hydrogen-bond donors (Lipinski definition) is 1. The van der Waals surface area contributed by atoms with Crippen molar-refractivity contribution in [2.24, 2.45) is 0 Å². The summed E-state index contributed by atoms with van der Waals surface area (Å²) >= 11 is 0. The van der Waals surface area contributed by atoms with E-state index in [9.17, 15) is 9.59 Å². The van der Waals surface area contributed by atoms with E-state index in [-0.39, 0.29) is 5.91 Å². The third-order valence-electron chi connectivity index (χ3n) is 2.44. The standard InChI is InChI=1S/C15H19NO3/c1-3-9-16-15(18)8-6-12-5-7-14(19-4-2)13(10-12)11-17/h5-8,10-11H,3-4,9H2,1-2H3,(H,16,18)/b8-6+. The number of nitrogens with one attached hydrogen (secondary N) is 1. The molecule has 0 saturated heterocycles. The van der Waals surface area contributed by atoms with Crippen molar-refractivity contribution in [3.8, 4) is 5.75 Å². The first-order valence-corrected chi connectivity index (χ1v) is 6.39. The van der Waals surface area contributed by atoms with Crippen LogP contribution >= 0.6 is 0 Å². The van der Waals surface area contributed by atoms with E-state index in [1.807, 2.05) is 19.9 Å². The molecule has 0 atom stereocenters. The van der Waals surface area contributed by atoms with E-state index in [4.69, 9.17) is 4.74 Å². The first kappa shape index (κ1) is 15.0. The number of rotatable bonds is 7. The highest BCUT2D eigenvalue weighted by atomic mass is 16.5. The fraction of sp³-hybridized carbons (Fsp3) is 0.333. The Morgan fingerprint density at radius 1 is 1.37 bits per heavy atom. The fourth-order valence-corrected chi connectivity index (χ4v) is 1.53. The van der Waals surface area contributed by atoms with Crippen molar-refractivity contribution in [2.45, 2.75) is 20.3 Å². The Kier molecular flexibility index (Phi) is 6.36. The molecular weight excluding hydrogens is 242 g/mol. The van der Waals surface area contributed by atoms with E-state index < -0.39 is 0 Å². The van der Waals surface area contributed by atoms with Crippen LogP contribution in [0.4, 0.5) is 0 Å². The monoisotopic (exact) mass is 261 g/mol. The first-order chi connectivity index (χ1) is 9.21. The van der Waals surface area contributed by atoms with Gasteiger partial charge in [-0.1, -0.05) is 13.0 Å². The molecule has 4 heteroatoms. The van der Waals surface area contributed by atoms with Crippen LogP contribution < -0.4 is 10.1 Å². The van der Waals surface area contributed by atoms with Crippen LogP contribution in [-0.2, 0) is 4.79 Å². The zero-order chi connectivity index (χ0) is 14.1. The van der Waals surface area contributed by atoms with Gasteiger partial charge in [0.15, 0.2) is 6.29 Å². The maximum absolute atomic E-state index is 11.4. The fourth-order valence-electron chi connectivity index (χ4n) is 1.53. The summed E-state index contributed by atoms with van der Waals surface area (Å²) in [5.41, 5.74) is 1.27. The molecule has 0 saturated carbocycles. The van der Waals surface area contributed by atoms with Gasteiger partial charge in [0.1, 0.15) is 5.75 Å². The molecule has 0 aliphatic rings. The Balaban J connectivity index is 2.76. The lowest BCUT2D eigenvalue weighted by Crippen LogP contribution is -2.21. The number of carbonyl (C=O) groups excluding carboxylic acids is 2. The van der Waals surface area contributed by atoms with E-state index in [2.05, 4.69) is 5.32 Å². The minimum Gasteiger partial charge on any atom is -0.493 e. The average molecular weight is 261 g/mol. The summed E-state index contributed by atoms with van der Waals surface area (Å²) in [6, 6.07) is 5.24. The minimum atomic E-state index is -0.136. The van der Waals surface area contributed by atoms with Crippen LogP contribution in [0.1, 0.15) is 36.2 Å². The van der Waals surface area contributed by atoms with Crippen LogP contribution in [0.2, 0.25) is 0 Å². The third kappa shape index (κ3) is 4.95. The van der Waals surface area contributed by atoms with Crippen molar-refractivity contribution in [2.75, 3.05) is 13.2 Å². The molecule has 4 nitrogen and oxygen atoms in total. The predicted octanol–water partition coefficient (Wildman–Crippen LogP) is 2.44. The van der Waals surface area contributed by atoms with E-state index >= 15 is 0 Å². The maximum Gasteiger partial charge on any atom is 0.243 e. The van der Waals surface area contributed by atoms with Gasteiger partial charge in [0, 0.05) is 12.6 Å². The summed E-state index contributed by atoms with van der Waals surface area (Å²) in [6.45, 7) is 5.02. The molecule has 0 unspecified atom stereocenters.